The van der Waals surface area contributed by atoms with Crippen molar-refractivity contribution in [1.29, 1.82) is 0 Å². The zero-order valence-electron chi connectivity index (χ0n) is 8.88. The third kappa shape index (κ3) is 5.00. The Morgan fingerprint density at radius 1 is 1.40 bits per heavy atom. The number of Topliss-reactive ketones (excluding diaryl/α,β-unsaturated/α-hetero) is 1. The lowest BCUT2D eigenvalue weighted by atomic mass is 10.2. The predicted molar refractivity (Wildman–Crippen MR) is 57.4 cm³/mol. The van der Waals surface area contributed by atoms with Crippen molar-refractivity contribution in [3.05, 3.63) is 24.0 Å². The summed E-state index contributed by atoms with van der Waals surface area (Å²) < 4.78 is 0. The molecule has 0 bridgehead atoms. The number of ketones is 1. The second-order valence-electron chi connectivity index (χ2n) is 3.50. The number of hydrogen-bond acceptors (Lipinski definition) is 2. The van der Waals surface area contributed by atoms with Gasteiger partial charge in [-0.3, -0.25) is 4.79 Å². The van der Waals surface area contributed by atoms with Gasteiger partial charge in [-0.25, -0.2) is 0 Å². The minimum Gasteiger partial charge on any atom is -0.365 e. The van der Waals surface area contributed by atoms with Gasteiger partial charge in [0.15, 0.2) is 0 Å². The Balaban J connectivity index is 2.09. The van der Waals surface area contributed by atoms with E-state index in [1.54, 1.807) is 0 Å². The molecule has 4 heteroatoms. The highest BCUT2D eigenvalue weighted by atomic mass is 16.2. The molecule has 0 aliphatic carbocycles. The number of H-pyrrole nitrogens is 1. The fourth-order valence-electron chi connectivity index (χ4n) is 1.24. The quantitative estimate of drug-likeness (QED) is 0.733. The summed E-state index contributed by atoms with van der Waals surface area (Å²) in [7, 11) is 0. The molecule has 0 radical (unpaired) electrons. The van der Waals surface area contributed by atoms with Gasteiger partial charge in [-0.15, -0.1) is 0 Å². The van der Waals surface area contributed by atoms with Crippen molar-refractivity contribution in [3.8, 4) is 0 Å². The lowest BCUT2D eigenvalue weighted by Gasteiger charge is -2.02. The molecule has 82 valence electrons. The molecule has 0 fully saturated rings. The maximum absolute atomic E-state index is 11.2. The molecular formula is C11H16N2O2. The molecule has 15 heavy (non-hydrogen) atoms. The smallest absolute Gasteiger partial charge is 0.220 e. The van der Waals surface area contributed by atoms with Gasteiger partial charge in [0.1, 0.15) is 5.78 Å². The van der Waals surface area contributed by atoms with Gasteiger partial charge in [-0.2, -0.15) is 0 Å². The molecule has 0 aromatic carbocycles. The first kappa shape index (κ1) is 11.5. The van der Waals surface area contributed by atoms with Crippen molar-refractivity contribution in [1.82, 2.24) is 10.3 Å². The van der Waals surface area contributed by atoms with Gasteiger partial charge >= 0.3 is 0 Å². The number of aromatic amines is 1. The summed E-state index contributed by atoms with van der Waals surface area (Å²) in [5.41, 5.74) is 1.10. The molecule has 0 saturated carbocycles. The first-order chi connectivity index (χ1) is 7.18. The van der Waals surface area contributed by atoms with E-state index in [4.69, 9.17) is 0 Å². The Morgan fingerprint density at radius 2 is 2.20 bits per heavy atom. The average Bonchev–Trinajstić information content (AvgIpc) is 2.67. The molecule has 0 aliphatic rings. The van der Waals surface area contributed by atoms with Gasteiger partial charge < -0.3 is 15.1 Å². The van der Waals surface area contributed by atoms with Gasteiger partial charge in [0.2, 0.25) is 5.91 Å². The van der Waals surface area contributed by atoms with Crippen molar-refractivity contribution in [2.75, 3.05) is 6.54 Å². The fraction of sp³-hybridized carbons (Fsp3) is 0.455. The van der Waals surface area contributed by atoms with Crippen molar-refractivity contribution in [3.63, 3.8) is 0 Å². The Morgan fingerprint density at radius 3 is 2.80 bits per heavy atom. The third-order valence-electron chi connectivity index (χ3n) is 2.08. The van der Waals surface area contributed by atoms with E-state index in [1.165, 1.54) is 6.92 Å². The molecule has 2 N–H and O–H groups in total. The molecule has 4 nitrogen and oxygen atoms in total. The monoisotopic (exact) mass is 208 g/mol. The topological polar surface area (TPSA) is 62.0 Å². The van der Waals surface area contributed by atoms with E-state index < -0.39 is 0 Å². The standard InChI is InChI=1S/C11H16N2O2/c1-9(14)4-5-11(15)13-8-6-10-3-2-7-12-10/h2-3,7,12H,4-6,8H2,1H3,(H,13,15). The summed E-state index contributed by atoms with van der Waals surface area (Å²) >= 11 is 0. The maximum Gasteiger partial charge on any atom is 0.220 e. The highest BCUT2D eigenvalue weighted by molar-refractivity contribution is 5.83. The van der Waals surface area contributed by atoms with Crippen LogP contribution in [0.5, 0.6) is 0 Å². The largest absolute Gasteiger partial charge is 0.365 e. The SMILES string of the molecule is CC(=O)CCC(=O)NCCc1ccc[nH]1. The molecule has 1 rings (SSSR count). The van der Waals surface area contributed by atoms with Gasteiger partial charge in [-0.05, 0) is 19.1 Å². The molecule has 0 aliphatic heterocycles. The second-order valence-corrected chi connectivity index (χ2v) is 3.50. The molecule has 0 atom stereocenters. The highest BCUT2D eigenvalue weighted by Gasteiger charge is 2.02. The maximum atomic E-state index is 11.2. The summed E-state index contributed by atoms with van der Waals surface area (Å²) in [6.07, 6.45) is 3.26. The summed E-state index contributed by atoms with van der Waals surface area (Å²) in [5, 5.41) is 2.77. The number of nitrogens with one attached hydrogen (secondary N) is 2. The lowest BCUT2D eigenvalue weighted by molar-refractivity contribution is -0.124. The number of hydrogen-bond donors (Lipinski definition) is 2. The van der Waals surface area contributed by atoms with E-state index in [0.717, 1.165) is 12.1 Å². The zero-order valence-corrected chi connectivity index (χ0v) is 8.88. The van der Waals surface area contributed by atoms with Gasteiger partial charge in [0.05, 0.1) is 0 Å². The second kappa shape index (κ2) is 6.01. The van der Waals surface area contributed by atoms with Crippen LogP contribution in [0.25, 0.3) is 0 Å². The Labute approximate surface area is 89.1 Å². The average molecular weight is 208 g/mol. The van der Waals surface area contributed by atoms with Gasteiger partial charge in [-0.1, -0.05) is 0 Å². The first-order valence-corrected chi connectivity index (χ1v) is 5.07. The molecule has 1 aromatic rings. The van der Waals surface area contributed by atoms with E-state index >= 15 is 0 Å². The van der Waals surface area contributed by atoms with Crippen LogP contribution in [-0.2, 0) is 16.0 Å². The summed E-state index contributed by atoms with van der Waals surface area (Å²) in [6.45, 7) is 2.10. The summed E-state index contributed by atoms with van der Waals surface area (Å²) in [4.78, 5) is 24.9. The van der Waals surface area contributed by atoms with E-state index in [9.17, 15) is 9.59 Å². The van der Waals surface area contributed by atoms with Crippen LogP contribution < -0.4 is 5.32 Å². The predicted octanol–water partition coefficient (Wildman–Crippen LogP) is 1.04. The molecular weight excluding hydrogens is 192 g/mol. The fourth-order valence-corrected chi connectivity index (χ4v) is 1.24. The van der Waals surface area contributed by atoms with E-state index in [1.807, 2.05) is 18.3 Å². The third-order valence-corrected chi connectivity index (χ3v) is 2.08. The molecule has 0 unspecified atom stereocenters. The van der Waals surface area contributed by atoms with Crippen LogP contribution in [0.3, 0.4) is 0 Å². The van der Waals surface area contributed by atoms with Crippen LogP contribution in [-0.4, -0.2) is 23.2 Å². The van der Waals surface area contributed by atoms with Crippen LogP contribution in [0.4, 0.5) is 0 Å². The van der Waals surface area contributed by atoms with E-state index in [-0.39, 0.29) is 11.7 Å². The van der Waals surface area contributed by atoms with E-state index in [2.05, 4.69) is 10.3 Å². The normalized spacial score (nSPS) is 9.93. The Kier molecular flexibility index (Phi) is 4.60. The lowest BCUT2D eigenvalue weighted by Crippen LogP contribution is -2.25. The molecule has 0 saturated heterocycles. The highest BCUT2D eigenvalue weighted by Crippen LogP contribution is 1.95. The van der Waals surface area contributed by atoms with Crippen LogP contribution in [0, 0.1) is 0 Å². The molecule has 1 amide bonds. The van der Waals surface area contributed by atoms with Crippen LogP contribution in [0.1, 0.15) is 25.5 Å². The van der Waals surface area contributed by atoms with Crippen molar-refractivity contribution >= 4 is 11.7 Å². The summed E-state index contributed by atoms with van der Waals surface area (Å²) in [5.74, 6) is -0.00808. The van der Waals surface area contributed by atoms with Crippen LogP contribution in [0.15, 0.2) is 18.3 Å². The number of carbonyl (C=O) groups is 2. The van der Waals surface area contributed by atoms with Crippen molar-refractivity contribution in [2.45, 2.75) is 26.2 Å². The van der Waals surface area contributed by atoms with Gasteiger partial charge in [0, 0.05) is 37.7 Å². The van der Waals surface area contributed by atoms with Crippen LogP contribution >= 0.6 is 0 Å². The number of carbonyl (C=O) groups excluding carboxylic acids is 2. The van der Waals surface area contributed by atoms with Gasteiger partial charge in [0.25, 0.3) is 0 Å². The molecule has 1 heterocycles. The summed E-state index contributed by atoms with van der Waals surface area (Å²) in [6, 6.07) is 3.90. The van der Waals surface area contributed by atoms with Crippen molar-refractivity contribution in [2.24, 2.45) is 0 Å². The number of amides is 1. The van der Waals surface area contributed by atoms with Crippen molar-refractivity contribution < 1.29 is 9.59 Å². The van der Waals surface area contributed by atoms with Crippen LogP contribution in [0.2, 0.25) is 0 Å². The van der Waals surface area contributed by atoms with E-state index in [0.29, 0.717) is 19.4 Å². The first-order valence-electron chi connectivity index (χ1n) is 5.07. The number of rotatable bonds is 6. The minimum atomic E-state index is -0.0586. The minimum absolute atomic E-state index is 0.0505. The number of aromatic nitrogens is 1. The zero-order chi connectivity index (χ0) is 11.1. The Bertz CT molecular complexity index is 317. The Hall–Kier alpha value is -1.58. The molecule has 0 spiro atoms. The molecule has 1 aromatic heterocycles.